The van der Waals surface area contributed by atoms with Gasteiger partial charge in [0.15, 0.2) is 0 Å². The third kappa shape index (κ3) is 2.75. The van der Waals surface area contributed by atoms with Gasteiger partial charge in [-0.2, -0.15) is 11.8 Å². The molecule has 0 saturated carbocycles. The molecular formula is C13H18BrNS. The van der Waals surface area contributed by atoms with Gasteiger partial charge in [-0.05, 0) is 18.1 Å². The van der Waals surface area contributed by atoms with Gasteiger partial charge in [-0.3, -0.25) is 0 Å². The van der Waals surface area contributed by atoms with Crippen molar-refractivity contribution >= 4 is 33.4 Å². The molecular weight excluding hydrogens is 282 g/mol. The van der Waals surface area contributed by atoms with E-state index in [1.54, 1.807) is 0 Å². The summed E-state index contributed by atoms with van der Waals surface area (Å²) in [6.07, 6.45) is 1.28. The molecule has 1 aliphatic rings. The lowest BCUT2D eigenvalue weighted by atomic mass is 10.1. The SMILES string of the molecule is CCC1CN(c2ccccc2CBr)CCS1. The second-order valence-corrected chi connectivity index (χ2v) is 6.08. The molecule has 1 fully saturated rings. The van der Waals surface area contributed by atoms with Crippen LogP contribution in [0.4, 0.5) is 5.69 Å². The number of benzene rings is 1. The van der Waals surface area contributed by atoms with Gasteiger partial charge < -0.3 is 4.90 Å². The molecule has 1 unspecified atom stereocenters. The highest BCUT2D eigenvalue weighted by Gasteiger charge is 2.20. The number of halogens is 1. The van der Waals surface area contributed by atoms with Crippen LogP contribution in [0.1, 0.15) is 18.9 Å². The van der Waals surface area contributed by atoms with Gasteiger partial charge in [0.2, 0.25) is 0 Å². The Morgan fingerprint density at radius 2 is 2.25 bits per heavy atom. The molecule has 1 aromatic rings. The van der Waals surface area contributed by atoms with Crippen LogP contribution < -0.4 is 4.90 Å². The fourth-order valence-corrected chi connectivity index (χ4v) is 3.77. The summed E-state index contributed by atoms with van der Waals surface area (Å²) in [7, 11) is 0. The summed E-state index contributed by atoms with van der Waals surface area (Å²) < 4.78 is 0. The van der Waals surface area contributed by atoms with Gasteiger partial charge in [0.05, 0.1) is 0 Å². The summed E-state index contributed by atoms with van der Waals surface area (Å²) in [6, 6.07) is 8.73. The van der Waals surface area contributed by atoms with Crippen LogP contribution in [0.2, 0.25) is 0 Å². The van der Waals surface area contributed by atoms with Crippen molar-refractivity contribution in [3.05, 3.63) is 29.8 Å². The van der Waals surface area contributed by atoms with Crippen LogP contribution in [0.25, 0.3) is 0 Å². The van der Waals surface area contributed by atoms with Gasteiger partial charge in [-0.25, -0.2) is 0 Å². The predicted octanol–water partition coefficient (Wildman–Crippen LogP) is 3.91. The minimum absolute atomic E-state index is 0.803. The van der Waals surface area contributed by atoms with E-state index >= 15 is 0 Å². The molecule has 1 atom stereocenters. The summed E-state index contributed by atoms with van der Waals surface area (Å²) in [5.41, 5.74) is 2.82. The normalized spacial score (nSPS) is 21.1. The fraction of sp³-hybridized carbons (Fsp3) is 0.538. The molecule has 1 heterocycles. The standard InChI is InChI=1S/C13H18BrNS/c1-2-12-10-15(7-8-16-12)13-6-4-3-5-11(13)9-14/h3-6,12H,2,7-10H2,1H3. The number of nitrogens with zero attached hydrogens (tertiary/aromatic N) is 1. The molecule has 1 aromatic carbocycles. The van der Waals surface area contributed by atoms with Crippen LogP contribution >= 0.6 is 27.7 Å². The topological polar surface area (TPSA) is 3.24 Å². The fourth-order valence-electron chi connectivity index (χ4n) is 2.12. The molecule has 3 heteroatoms. The van der Waals surface area contributed by atoms with Gasteiger partial charge in [-0.1, -0.05) is 41.1 Å². The minimum atomic E-state index is 0.803. The molecule has 2 rings (SSSR count). The van der Waals surface area contributed by atoms with E-state index in [0.717, 1.165) is 10.6 Å². The van der Waals surface area contributed by atoms with Gasteiger partial charge in [-0.15, -0.1) is 0 Å². The first kappa shape index (κ1) is 12.3. The lowest BCUT2D eigenvalue weighted by Crippen LogP contribution is -2.38. The van der Waals surface area contributed by atoms with E-state index in [1.165, 1.54) is 36.5 Å². The zero-order chi connectivity index (χ0) is 11.4. The van der Waals surface area contributed by atoms with Crippen LogP contribution in [0.5, 0.6) is 0 Å². The molecule has 0 radical (unpaired) electrons. The summed E-state index contributed by atoms with van der Waals surface area (Å²) in [4.78, 5) is 2.54. The maximum atomic E-state index is 3.58. The Kier molecular flexibility index (Phi) is 4.59. The van der Waals surface area contributed by atoms with Crippen molar-refractivity contribution in [2.24, 2.45) is 0 Å². The lowest BCUT2D eigenvalue weighted by molar-refractivity contribution is 0.726. The van der Waals surface area contributed by atoms with E-state index in [9.17, 15) is 0 Å². The summed E-state index contributed by atoms with van der Waals surface area (Å²) >= 11 is 5.70. The molecule has 1 saturated heterocycles. The smallest absolute Gasteiger partial charge is 0.0407 e. The number of rotatable bonds is 3. The number of hydrogen-bond acceptors (Lipinski definition) is 2. The quantitative estimate of drug-likeness (QED) is 0.779. The Labute approximate surface area is 111 Å². The average molecular weight is 300 g/mol. The highest BCUT2D eigenvalue weighted by molar-refractivity contribution is 9.08. The second kappa shape index (κ2) is 5.97. The first-order chi connectivity index (χ1) is 7.85. The van der Waals surface area contributed by atoms with Gasteiger partial charge in [0.1, 0.15) is 0 Å². The molecule has 1 aliphatic heterocycles. The molecule has 0 aliphatic carbocycles. The van der Waals surface area contributed by atoms with Crippen molar-refractivity contribution in [3.63, 3.8) is 0 Å². The highest BCUT2D eigenvalue weighted by Crippen LogP contribution is 2.29. The van der Waals surface area contributed by atoms with E-state index in [2.05, 4.69) is 63.8 Å². The minimum Gasteiger partial charge on any atom is -0.369 e. The molecule has 0 aromatic heterocycles. The Morgan fingerprint density at radius 3 is 3.00 bits per heavy atom. The van der Waals surface area contributed by atoms with Crippen LogP contribution in [-0.2, 0) is 5.33 Å². The maximum Gasteiger partial charge on any atom is 0.0407 e. The molecule has 1 nitrogen and oxygen atoms in total. The third-order valence-electron chi connectivity index (χ3n) is 3.07. The maximum absolute atomic E-state index is 3.58. The molecule has 0 amide bonds. The van der Waals surface area contributed by atoms with E-state index in [-0.39, 0.29) is 0 Å². The van der Waals surface area contributed by atoms with Crippen molar-refractivity contribution < 1.29 is 0 Å². The van der Waals surface area contributed by atoms with Gasteiger partial charge in [0.25, 0.3) is 0 Å². The molecule has 0 bridgehead atoms. The number of para-hydroxylation sites is 1. The van der Waals surface area contributed by atoms with Crippen LogP contribution in [0, 0.1) is 0 Å². The Hall–Kier alpha value is -0.150. The van der Waals surface area contributed by atoms with Gasteiger partial charge >= 0.3 is 0 Å². The van der Waals surface area contributed by atoms with Crippen LogP contribution in [-0.4, -0.2) is 24.1 Å². The van der Waals surface area contributed by atoms with Crippen LogP contribution in [0.15, 0.2) is 24.3 Å². The molecule has 16 heavy (non-hydrogen) atoms. The second-order valence-electron chi connectivity index (χ2n) is 4.11. The Bertz CT molecular complexity index is 342. The van der Waals surface area contributed by atoms with Crippen molar-refractivity contribution in [2.75, 3.05) is 23.7 Å². The summed E-state index contributed by atoms with van der Waals surface area (Å²) in [6.45, 7) is 4.67. The lowest BCUT2D eigenvalue weighted by Gasteiger charge is -2.34. The zero-order valence-corrected chi connectivity index (χ0v) is 12.1. The molecule has 88 valence electrons. The van der Waals surface area contributed by atoms with Gasteiger partial charge in [0, 0.05) is 35.1 Å². The molecule has 0 spiro atoms. The number of alkyl halides is 1. The Balaban J connectivity index is 2.16. The number of thioether (sulfide) groups is 1. The number of hydrogen-bond donors (Lipinski definition) is 0. The average Bonchev–Trinajstić information content (AvgIpc) is 2.38. The number of anilines is 1. The first-order valence-corrected chi connectivity index (χ1v) is 8.02. The summed E-state index contributed by atoms with van der Waals surface area (Å²) in [5.74, 6) is 1.26. The van der Waals surface area contributed by atoms with E-state index in [0.29, 0.717) is 0 Å². The monoisotopic (exact) mass is 299 g/mol. The van der Waals surface area contributed by atoms with Crippen molar-refractivity contribution in [1.82, 2.24) is 0 Å². The van der Waals surface area contributed by atoms with Crippen molar-refractivity contribution in [2.45, 2.75) is 23.9 Å². The zero-order valence-electron chi connectivity index (χ0n) is 9.66. The van der Waals surface area contributed by atoms with Crippen LogP contribution in [0.3, 0.4) is 0 Å². The summed E-state index contributed by atoms with van der Waals surface area (Å²) in [5, 5.41) is 1.75. The third-order valence-corrected chi connectivity index (χ3v) is 5.05. The van der Waals surface area contributed by atoms with E-state index < -0.39 is 0 Å². The van der Waals surface area contributed by atoms with Crippen molar-refractivity contribution in [3.8, 4) is 0 Å². The Morgan fingerprint density at radius 1 is 1.44 bits per heavy atom. The van der Waals surface area contributed by atoms with E-state index in [4.69, 9.17) is 0 Å². The highest BCUT2D eigenvalue weighted by atomic mass is 79.9. The predicted molar refractivity (Wildman–Crippen MR) is 77.8 cm³/mol. The largest absolute Gasteiger partial charge is 0.369 e. The molecule has 0 N–H and O–H groups in total. The van der Waals surface area contributed by atoms with E-state index in [1.807, 2.05) is 0 Å². The first-order valence-electron chi connectivity index (χ1n) is 5.85. The van der Waals surface area contributed by atoms with Crippen molar-refractivity contribution in [1.29, 1.82) is 0 Å².